The van der Waals surface area contributed by atoms with E-state index in [1.165, 1.54) is 0 Å². The average Bonchev–Trinajstić information content (AvgIpc) is 2.18. The van der Waals surface area contributed by atoms with E-state index in [0.29, 0.717) is 6.61 Å². The van der Waals surface area contributed by atoms with Gasteiger partial charge >= 0.3 is 0 Å². The molecule has 1 aromatic rings. The predicted molar refractivity (Wildman–Crippen MR) is 73.1 cm³/mol. The van der Waals surface area contributed by atoms with Crippen LogP contribution in [0.3, 0.4) is 0 Å². The van der Waals surface area contributed by atoms with Crippen LogP contribution in [0, 0.1) is 5.41 Å². The van der Waals surface area contributed by atoms with Crippen LogP contribution in [-0.4, -0.2) is 12.1 Å². The van der Waals surface area contributed by atoms with Crippen molar-refractivity contribution in [2.45, 2.75) is 46.4 Å². The van der Waals surface area contributed by atoms with Crippen LogP contribution in [0.15, 0.2) is 24.3 Å². The summed E-state index contributed by atoms with van der Waals surface area (Å²) in [6.07, 6.45) is 0.0400. The molecule has 0 radical (unpaired) electrons. The minimum absolute atomic E-state index is 0.0160. The second kappa shape index (κ2) is 5.85. The van der Waals surface area contributed by atoms with Crippen molar-refractivity contribution in [1.29, 1.82) is 0 Å². The lowest BCUT2D eigenvalue weighted by Gasteiger charge is -2.33. The Kier molecular flexibility index (Phi) is 4.99. The number of hydrogen-bond acceptors (Lipinski definition) is 2. The van der Waals surface area contributed by atoms with Gasteiger partial charge in [0.05, 0.1) is 12.7 Å². The lowest BCUT2D eigenvalue weighted by Crippen LogP contribution is -2.43. The molecule has 1 rings (SSSR count). The van der Waals surface area contributed by atoms with Gasteiger partial charge in [-0.05, 0) is 30.0 Å². The molecule has 0 spiro atoms. The van der Waals surface area contributed by atoms with Crippen molar-refractivity contribution in [1.82, 2.24) is 0 Å². The van der Waals surface area contributed by atoms with Crippen molar-refractivity contribution in [2.24, 2.45) is 11.1 Å². The summed E-state index contributed by atoms with van der Waals surface area (Å²) in [7, 11) is 0. The molecule has 0 saturated heterocycles. The largest absolute Gasteiger partial charge is 0.371 e. The molecule has 0 aliphatic carbocycles. The Hall–Kier alpha value is -0.570. The zero-order chi connectivity index (χ0) is 13.1. The summed E-state index contributed by atoms with van der Waals surface area (Å²) in [6, 6.07) is 7.71. The molecular formula is C14H22ClNO. The molecule has 0 fully saturated rings. The third kappa shape index (κ3) is 4.66. The highest BCUT2D eigenvalue weighted by atomic mass is 35.5. The van der Waals surface area contributed by atoms with Gasteiger partial charge in [-0.25, -0.2) is 0 Å². The average molecular weight is 256 g/mol. The van der Waals surface area contributed by atoms with Crippen molar-refractivity contribution in [3.63, 3.8) is 0 Å². The van der Waals surface area contributed by atoms with E-state index in [1.807, 2.05) is 31.2 Å². The molecule has 0 heterocycles. The lowest BCUT2D eigenvalue weighted by atomic mass is 9.85. The van der Waals surface area contributed by atoms with E-state index in [0.717, 1.165) is 10.6 Å². The molecule has 0 bridgehead atoms. The Morgan fingerprint density at radius 2 is 1.76 bits per heavy atom. The highest BCUT2D eigenvalue weighted by Gasteiger charge is 2.28. The molecule has 1 aromatic carbocycles. The molecule has 96 valence electrons. The van der Waals surface area contributed by atoms with Crippen molar-refractivity contribution in [3.05, 3.63) is 34.9 Å². The van der Waals surface area contributed by atoms with E-state index in [-0.39, 0.29) is 17.6 Å². The monoisotopic (exact) mass is 255 g/mol. The van der Waals surface area contributed by atoms with Gasteiger partial charge in [0.15, 0.2) is 0 Å². The Labute approximate surface area is 109 Å². The Morgan fingerprint density at radius 3 is 2.18 bits per heavy atom. The Balaban J connectivity index is 2.61. The third-order valence-corrected chi connectivity index (χ3v) is 2.93. The molecule has 17 heavy (non-hydrogen) atoms. The van der Waals surface area contributed by atoms with Crippen molar-refractivity contribution < 1.29 is 4.74 Å². The van der Waals surface area contributed by atoms with Crippen molar-refractivity contribution >= 4 is 11.6 Å². The molecule has 0 amide bonds. The SMILES string of the molecule is CC(N)C(OCc1ccc(Cl)cc1)C(C)(C)C. The number of benzene rings is 1. The zero-order valence-corrected chi connectivity index (χ0v) is 11.8. The first-order chi connectivity index (χ1) is 7.80. The molecule has 0 aromatic heterocycles. The number of ether oxygens (including phenoxy) is 1. The summed E-state index contributed by atoms with van der Waals surface area (Å²) in [5, 5.41) is 0.744. The summed E-state index contributed by atoms with van der Waals surface area (Å²) >= 11 is 5.84. The first-order valence-corrected chi connectivity index (χ1v) is 6.30. The van der Waals surface area contributed by atoms with Gasteiger partial charge in [-0.3, -0.25) is 0 Å². The van der Waals surface area contributed by atoms with E-state index in [9.17, 15) is 0 Å². The van der Waals surface area contributed by atoms with Crippen LogP contribution in [0.1, 0.15) is 33.3 Å². The molecule has 0 aliphatic heterocycles. The van der Waals surface area contributed by atoms with Gasteiger partial charge in [0, 0.05) is 11.1 Å². The second-order valence-corrected chi connectivity index (χ2v) is 6.02. The first-order valence-electron chi connectivity index (χ1n) is 5.92. The quantitative estimate of drug-likeness (QED) is 0.892. The number of nitrogens with two attached hydrogens (primary N) is 1. The number of rotatable bonds is 4. The van der Waals surface area contributed by atoms with Crippen LogP contribution < -0.4 is 5.73 Å². The maximum absolute atomic E-state index is 5.96. The predicted octanol–water partition coefficient (Wildman–Crippen LogP) is 3.62. The fourth-order valence-corrected chi connectivity index (χ4v) is 2.08. The van der Waals surface area contributed by atoms with Crippen LogP contribution in [0.2, 0.25) is 5.02 Å². The van der Waals surface area contributed by atoms with Crippen LogP contribution in [0.4, 0.5) is 0 Å². The highest BCUT2D eigenvalue weighted by molar-refractivity contribution is 6.30. The summed E-state index contributed by atoms with van der Waals surface area (Å²) < 4.78 is 5.93. The molecule has 2 unspecified atom stereocenters. The molecule has 2 atom stereocenters. The van der Waals surface area contributed by atoms with Gasteiger partial charge in [0.2, 0.25) is 0 Å². The van der Waals surface area contributed by atoms with E-state index in [4.69, 9.17) is 22.1 Å². The van der Waals surface area contributed by atoms with Crippen molar-refractivity contribution in [3.8, 4) is 0 Å². The van der Waals surface area contributed by atoms with E-state index in [2.05, 4.69) is 20.8 Å². The Morgan fingerprint density at radius 1 is 1.24 bits per heavy atom. The number of hydrogen-bond donors (Lipinski definition) is 1. The van der Waals surface area contributed by atoms with Gasteiger partial charge in [-0.2, -0.15) is 0 Å². The van der Waals surface area contributed by atoms with Crippen molar-refractivity contribution in [2.75, 3.05) is 0 Å². The Bertz CT molecular complexity index is 340. The van der Waals surface area contributed by atoms with Crippen LogP contribution in [0.5, 0.6) is 0 Å². The first kappa shape index (κ1) is 14.5. The third-order valence-electron chi connectivity index (χ3n) is 2.67. The normalized spacial score (nSPS) is 15.6. The van der Waals surface area contributed by atoms with Crippen LogP contribution >= 0.6 is 11.6 Å². The van der Waals surface area contributed by atoms with Gasteiger partial charge in [-0.1, -0.05) is 44.5 Å². The molecule has 3 heteroatoms. The van der Waals surface area contributed by atoms with Gasteiger partial charge in [-0.15, -0.1) is 0 Å². The zero-order valence-electron chi connectivity index (χ0n) is 11.0. The standard InChI is InChI=1S/C14H22ClNO/c1-10(16)13(14(2,3)4)17-9-11-5-7-12(15)8-6-11/h5-8,10,13H,9,16H2,1-4H3. The number of halogens is 1. The molecule has 0 saturated carbocycles. The van der Waals surface area contributed by atoms with E-state index >= 15 is 0 Å². The minimum atomic E-state index is 0.0160. The maximum atomic E-state index is 5.96. The van der Waals surface area contributed by atoms with Gasteiger partial charge < -0.3 is 10.5 Å². The smallest absolute Gasteiger partial charge is 0.0775 e. The fraction of sp³-hybridized carbons (Fsp3) is 0.571. The van der Waals surface area contributed by atoms with Crippen LogP contribution in [0.25, 0.3) is 0 Å². The van der Waals surface area contributed by atoms with Gasteiger partial charge in [0.25, 0.3) is 0 Å². The summed E-state index contributed by atoms with van der Waals surface area (Å²) in [4.78, 5) is 0. The van der Waals surface area contributed by atoms with E-state index < -0.39 is 0 Å². The molecular weight excluding hydrogens is 234 g/mol. The molecule has 2 nitrogen and oxygen atoms in total. The molecule has 0 aliphatic rings. The van der Waals surface area contributed by atoms with Crippen LogP contribution in [-0.2, 0) is 11.3 Å². The maximum Gasteiger partial charge on any atom is 0.0775 e. The topological polar surface area (TPSA) is 35.2 Å². The fourth-order valence-electron chi connectivity index (χ4n) is 1.96. The minimum Gasteiger partial charge on any atom is -0.371 e. The molecule has 2 N–H and O–H groups in total. The second-order valence-electron chi connectivity index (χ2n) is 5.58. The highest BCUT2D eigenvalue weighted by Crippen LogP contribution is 2.25. The van der Waals surface area contributed by atoms with Gasteiger partial charge in [0.1, 0.15) is 0 Å². The summed E-state index contributed by atoms with van der Waals surface area (Å²) in [6.45, 7) is 8.98. The summed E-state index contributed by atoms with van der Waals surface area (Å²) in [5.74, 6) is 0. The lowest BCUT2D eigenvalue weighted by molar-refractivity contribution is -0.0399. The summed E-state index contributed by atoms with van der Waals surface area (Å²) in [5.41, 5.74) is 7.12. The van der Waals surface area contributed by atoms with E-state index in [1.54, 1.807) is 0 Å².